The van der Waals surface area contributed by atoms with Crippen LogP contribution in [0.1, 0.15) is 10.4 Å². The average Bonchev–Trinajstić information content (AvgIpc) is 2.84. The third-order valence-electron chi connectivity index (χ3n) is 5.68. The van der Waals surface area contributed by atoms with Gasteiger partial charge in [-0.2, -0.15) is 0 Å². The van der Waals surface area contributed by atoms with Gasteiger partial charge in [-0.25, -0.2) is 9.97 Å². The molecule has 0 aliphatic rings. The van der Waals surface area contributed by atoms with Crippen LogP contribution in [0.25, 0.3) is 43.6 Å². The van der Waals surface area contributed by atoms with Gasteiger partial charge >= 0.3 is 0 Å². The van der Waals surface area contributed by atoms with Crippen LogP contribution in [0.2, 0.25) is 0 Å². The number of amides is 1. The molecule has 1 aromatic heterocycles. The summed E-state index contributed by atoms with van der Waals surface area (Å²) in [4.78, 5) is 22.7. The number of anilines is 1. The Morgan fingerprint density at radius 3 is 1.84 bits per heavy atom. The molecule has 0 unspecified atom stereocenters. The Kier molecular flexibility index (Phi) is 4.37. The molecule has 6 rings (SSSR count). The number of hydrogen-bond acceptors (Lipinski definition) is 3. The third-order valence-corrected chi connectivity index (χ3v) is 6.21. The van der Waals surface area contributed by atoms with Gasteiger partial charge in [0.25, 0.3) is 5.91 Å². The van der Waals surface area contributed by atoms with Crippen LogP contribution in [0.4, 0.5) is 5.69 Å². The van der Waals surface area contributed by atoms with E-state index in [0.717, 1.165) is 48.3 Å². The maximum Gasteiger partial charge on any atom is 0.255 e. The van der Waals surface area contributed by atoms with Crippen LogP contribution in [-0.4, -0.2) is 15.9 Å². The molecule has 32 heavy (non-hydrogen) atoms. The Labute approximate surface area is 192 Å². The van der Waals surface area contributed by atoms with Crippen molar-refractivity contribution in [1.82, 2.24) is 9.97 Å². The lowest BCUT2D eigenvalue weighted by atomic mass is 9.99. The molecule has 1 N–H and O–H groups in total. The number of fused-ring (bicyclic) bond motifs is 7. The van der Waals surface area contributed by atoms with Gasteiger partial charge in [-0.05, 0) is 53.2 Å². The molecule has 5 heteroatoms. The predicted molar refractivity (Wildman–Crippen MR) is 134 cm³/mol. The molecule has 152 valence electrons. The monoisotopic (exact) mass is 477 g/mol. The lowest BCUT2D eigenvalue weighted by Gasteiger charge is -2.11. The smallest absolute Gasteiger partial charge is 0.255 e. The van der Waals surface area contributed by atoms with Crippen molar-refractivity contribution in [3.63, 3.8) is 0 Å². The number of hydrogen-bond donors (Lipinski definition) is 1. The van der Waals surface area contributed by atoms with Crippen LogP contribution in [0, 0.1) is 0 Å². The van der Waals surface area contributed by atoms with Crippen molar-refractivity contribution in [3.8, 4) is 0 Å². The number of carbonyl (C=O) groups excluding carboxylic acids is 1. The molecule has 0 atom stereocenters. The molecule has 0 radical (unpaired) electrons. The average molecular weight is 478 g/mol. The predicted octanol–water partition coefficient (Wildman–Crippen LogP) is 7.10. The second kappa shape index (κ2) is 7.39. The molecule has 5 aromatic carbocycles. The van der Waals surface area contributed by atoms with Crippen molar-refractivity contribution in [2.24, 2.45) is 0 Å². The SMILES string of the molecule is O=C(Nc1ccc(Br)cc1)c1ccc2nc3c4ccccc4c4ccccc4c3nc2c1. The van der Waals surface area contributed by atoms with E-state index in [-0.39, 0.29) is 5.91 Å². The molecule has 0 aliphatic carbocycles. The first-order chi connectivity index (χ1) is 15.7. The summed E-state index contributed by atoms with van der Waals surface area (Å²) in [6.45, 7) is 0. The van der Waals surface area contributed by atoms with Crippen molar-refractivity contribution >= 4 is 71.1 Å². The number of nitrogens with zero attached hydrogens (tertiary/aromatic N) is 2. The fourth-order valence-electron chi connectivity index (χ4n) is 4.16. The largest absolute Gasteiger partial charge is 0.322 e. The molecule has 0 fully saturated rings. The highest BCUT2D eigenvalue weighted by Gasteiger charge is 2.13. The van der Waals surface area contributed by atoms with Crippen LogP contribution in [0.15, 0.2) is 95.5 Å². The number of nitrogens with one attached hydrogen (secondary N) is 1. The van der Waals surface area contributed by atoms with E-state index in [9.17, 15) is 4.79 Å². The normalized spacial score (nSPS) is 11.4. The van der Waals surface area contributed by atoms with E-state index in [1.807, 2.05) is 54.6 Å². The van der Waals surface area contributed by atoms with E-state index in [2.05, 4.69) is 45.5 Å². The molecule has 0 saturated heterocycles. The van der Waals surface area contributed by atoms with E-state index in [0.29, 0.717) is 11.1 Å². The van der Waals surface area contributed by atoms with Gasteiger partial charge in [0.2, 0.25) is 0 Å². The second-order valence-corrected chi connectivity index (χ2v) is 8.59. The van der Waals surface area contributed by atoms with Crippen LogP contribution < -0.4 is 5.32 Å². The summed E-state index contributed by atoms with van der Waals surface area (Å²) in [5.41, 5.74) is 4.45. The number of aromatic nitrogens is 2. The van der Waals surface area contributed by atoms with Crippen molar-refractivity contribution in [2.45, 2.75) is 0 Å². The van der Waals surface area contributed by atoms with Crippen molar-refractivity contribution < 1.29 is 4.79 Å². The summed E-state index contributed by atoms with van der Waals surface area (Å²) >= 11 is 3.41. The Bertz CT molecular complexity index is 1680. The van der Waals surface area contributed by atoms with Crippen LogP contribution in [0.3, 0.4) is 0 Å². The van der Waals surface area contributed by atoms with E-state index >= 15 is 0 Å². The topological polar surface area (TPSA) is 54.9 Å². The third kappa shape index (κ3) is 3.10. The van der Waals surface area contributed by atoms with Gasteiger partial charge in [0.15, 0.2) is 0 Å². The lowest BCUT2D eigenvalue weighted by Crippen LogP contribution is -2.11. The summed E-state index contributed by atoms with van der Waals surface area (Å²) in [6.07, 6.45) is 0. The Morgan fingerprint density at radius 2 is 1.22 bits per heavy atom. The summed E-state index contributed by atoms with van der Waals surface area (Å²) in [5, 5.41) is 7.37. The molecular formula is C27H16BrN3O. The molecule has 0 spiro atoms. The van der Waals surface area contributed by atoms with Gasteiger partial charge in [0, 0.05) is 26.5 Å². The van der Waals surface area contributed by atoms with Gasteiger partial charge in [-0.3, -0.25) is 4.79 Å². The van der Waals surface area contributed by atoms with Gasteiger partial charge in [-0.1, -0.05) is 64.5 Å². The molecule has 6 aromatic rings. The van der Waals surface area contributed by atoms with Crippen LogP contribution in [0.5, 0.6) is 0 Å². The fraction of sp³-hybridized carbons (Fsp3) is 0. The highest BCUT2D eigenvalue weighted by atomic mass is 79.9. The van der Waals surface area contributed by atoms with E-state index in [4.69, 9.17) is 9.97 Å². The minimum Gasteiger partial charge on any atom is -0.322 e. The van der Waals surface area contributed by atoms with Gasteiger partial charge in [0.05, 0.1) is 22.1 Å². The molecule has 0 aliphatic heterocycles. The number of carbonyl (C=O) groups is 1. The van der Waals surface area contributed by atoms with E-state index in [1.165, 1.54) is 0 Å². The Morgan fingerprint density at radius 1 is 0.656 bits per heavy atom. The first-order valence-corrected chi connectivity index (χ1v) is 11.0. The number of rotatable bonds is 2. The zero-order chi connectivity index (χ0) is 21.7. The molecular weight excluding hydrogens is 462 g/mol. The fourth-order valence-corrected chi connectivity index (χ4v) is 4.42. The van der Waals surface area contributed by atoms with Crippen molar-refractivity contribution in [2.75, 3.05) is 5.32 Å². The number of halogens is 1. The van der Waals surface area contributed by atoms with E-state index < -0.39 is 0 Å². The van der Waals surface area contributed by atoms with Crippen LogP contribution >= 0.6 is 15.9 Å². The maximum absolute atomic E-state index is 12.8. The Balaban J connectivity index is 1.53. The molecule has 1 heterocycles. The van der Waals surface area contributed by atoms with E-state index in [1.54, 1.807) is 12.1 Å². The maximum atomic E-state index is 12.8. The van der Waals surface area contributed by atoms with Crippen molar-refractivity contribution in [3.05, 3.63) is 101 Å². The van der Waals surface area contributed by atoms with Gasteiger partial charge in [-0.15, -0.1) is 0 Å². The second-order valence-electron chi connectivity index (χ2n) is 7.68. The quantitative estimate of drug-likeness (QED) is 0.213. The summed E-state index contributed by atoms with van der Waals surface area (Å²) < 4.78 is 0.961. The highest BCUT2D eigenvalue weighted by molar-refractivity contribution is 9.10. The minimum atomic E-state index is -0.181. The highest BCUT2D eigenvalue weighted by Crippen LogP contribution is 2.34. The Hall–Kier alpha value is -3.83. The van der Waals surface area contributed by atoms with Gasteiger partial charge < -0.3 is 5.32 Å². The first kappa shape index (κ1) is 18.9. The standard InChI is InChI=1S/C27H16BrN3O/c28-17-10-12-18(13-11-17)29-27(32)16-9-14-23-24(15-16)31-26-22-8-4-2-6-20(22)19-5-1-3-7-21(19)25(26)30-23/h1-15H,(H,29,32). The molecule has 1 amide bonds. The van der Waals surface area contributed by atoms with Crippen LogP contribution in [-0.2, 0) is 0 Å². The number of benzene rings is 5. The zero-order valence-electron chi connectivity index (χ0n) is 16.8. The molecule has 0 saturated carbocycles. The molecule has 0 bridgehead atoms. The molecule has 4 nitrogen and oxygen atoms in total. The summed E-state index contributed by atoms with van der Waals surface area (Å²) in [5.74, 6) is -0.181. The zero-order valence-corrected chi connectivity index (χ0v) is 18.4. The van der Waals surface area contributed by atoms with Gasteiger partial charge in [0.1, 0.15) is 0 Å². The first-order valence-electron chi connectivity index (χ1n) is 10.3. The lowest BCUT2D eigenvalue weighted by molar-refractivity contribution is 0.102. The minimum absolute atomic E-state index is 0.181. The summed E-state index contributed by atoms with van der Waals surface area (Å²) in [6, 6.07) is 29.5. The summed E-state index contributed by atoms with van der Waals surface area (Å²) in [7, 11) is 0. The van der Waals surface area contributed by atoms with Crippen molar-refractivity contribution in [1.29, 1.82) is 0 Å².